The molecule has 250 valence electrons. The summed E-state index contributed by atoms with van der Waals surface area (Å²) < 4.78 is 5.54. The molecule has 0 aromatic heterocycles. The number of nitro groups is 1. The highest BCUT2D eigenvalue weighted by Crippen LogP contribution is 2.31. The molecule has 0 radical (unpaired) electrons. The van der Waals surface area contributed by atoms with Crippen molar-refractivity contribution >= 4 is 17.7 Å². The standard InChI is InChI=1S/C30H44N4O6.C6H6/c1-2-16-33(30(37)40-21-22-9-12-27(13-10-22)34(38)39)26-14-17-32(18-15-26)20-23-8-11-25(19-23)31-28(29(35)36)24-6-4-3-5-7-24;1-2-4-6-5-3-1/h2,9-10,12-13,23-26,28,31H,1,3-8,11,14-21H2,(H,35,36);1-6H/t23-,25?,28?;/m1./s1. The topological polar surface area (TPSA) is 125 Å². The number of likely N-dealkylation sites (tertiary alicyclic amines) is 1. The molecule has 10 nitrogen and oxygen atoms in total. The number of carboxylic acid groups (broad SMARTS) is 1. The van der Waals surface area contributed by atoms with E-state index in [9.17, 15) is 24.8 Å². The van der Waals surface area contributed by atoms with Crippen molar-refractivity contribution in [3.63, 3.8) is 0 Å². The van der Waals surface area contributed by atoms with E-state index >= 15 is 0 Å². The Labute approximate surface area is 272 Å². The van der Waals surface area contributed by atoms with Crippen LogP contribution in [0.1, 0.15) is 69.8 Å². The van der Waals surface area contributed by atoms with E-state index in [-0.39, 0.29) is 30.3 Å². The van der Waals surface area contributed by atoms with Gasteiger partial charge in [0.25, 0.3) is 5.69 Å². The average molecular weight is 635 g/mol. The van der Waals surface area contributed by atoms with Crippen LogP contribution in [0.4, 0.5) is 10.5 Å². The molecule has 2 unspecified atom stereocenters. The number of carbonyl (C=O) groups is 2. The van der Waals surface area contributed by atoms with Crippen molar-refractivity contribution in [2.75, 3.05) is 26.2 Å². The molecule has 3 atom stereocenters. The zero-order valence-electron chi connectivity index (χ0n) is 26.9. The predicted octanol–water partition coefficient (Wildman–Crippen LogP) is 6.66. The summed E-state index contributed by atoms with van der Waals surface area (Å²) in [5, 5.41) is 24.2. The quantitative estimate of drug-likeness (QED) is 0.151. The van der Waals surface area contributed by atoms with Crippen LogP contribution in [0.15, 0.2) is 73.3 Å². The van der Waals surface area contributed by atoms with Crippen LogP contribution in [0.2, 0.25) is 0 Å². The first-order chi connectivity index (χ1) is 22.3. The van der Waals surface area contributed by atoms with Crippen LogP contribution >= 0.6 is 0 Å². The van der Waals surface area contributed by atoms with Gasteiger partial charge in [-0.05, 0) is 74.5 Å². The number of non-ortho nitro benzene ring substituents is 1. The molecule has 3 fully saturated rings. The molecule has 2 aliphatic carbocycles. The van der Waals surface area contributed by atoms with Crippen molar-refractivity contribution in [2.24, 2.45) is 11.8 Å². The van der Waals surface area contributed by atoms with Crippen LogP contribution < -0.4 is 5.32 Å². The van der Waals surface area contributed by atoms with Crippen molar-refractivity contribution in [1.82, 2.24) is 15.1 Å². The fraction of sp³-hybridized carbons (Fsp3) is 0.556. The van der Waals surface area contributed by atoms with E-state index in [4.69, 9.17) is 4.74 Å². The SMILES string of the molecule is C=CCN(C(=O)OCc1ccc([N+](=O)[O-])cc1)C1CCN(C[C@@H]2CCC(NC(C(=O)O)C3CCCCC3)C2)CC1.c1ccccc1. The first-order valence-electron chi connectivity index (χ1n) is 16.8. The van der Waals surface area contributed by atoms with Gasteiger partial charge in [0.1, 0.15) is 12.6 Å². The summed E-state index contributed by atoms with van der Waals surface area (Å²) in [5.74, 6) is 0.113. The van der Waals surface area contributed by atoms with Gasteiger partial charge >= 0.3 is 12.1 Å². The third-order valence-electron chi connectivity index (χ3n) is 9.59. The van der Waals surface area contributed by atoms with Gasteiger partial charge in [0.2, 0.25) is 0 Å². The largest absolute Gasteiger partial charge is 0.480 e. The molecule has 1 amide bonds. The van der Waals surface area contributed by atoms with Crippen molar-refractivity contribution in [3.05, 3.63) is 89.0 Å². The van der Waals surface area contributed by atoms with E-state index in [1.54, 1.807) is 23.1 Å². The Morgan fingerprint density at radius 3 is 2.20 bits per heavy atom. The van der Waals surface area contributed by atoms with Crippen molar-refractivity contribution in [2.45, 2.75) is 88.9 Å². The molecule has 1 heterocycles. The highest BCUT2D eigenvalue weighted by atomic mass is 16.6. The first kappa shape index (κ1) is 35.1. The second-order valence-corrected chi connectivity index (χ2v) is 12.9. The minimum atomic E-state index is -0.701. The number of hydrogen-bond donors (Lipinski definition) is 2. The van der Waals surface area contributed by atoms with E-state index in [2.05, 4.69) is 16.8 Å². The smallest absolute Gasteiger partial charge is 0.410 e. The maximum Gasteiger partial charge on any atom is 0.410 e. The number of carboxylic acids is 1. The Balaban J connectivity index is 0.000000717. The molecule has 0 bridgehead atoms. The lowest BCUT2D eigenvalue weighted by Crippen LogP contribution is -2.49. The number of nitrogens with zero attached hydrogens (tertiary/aromatic N) is 3. The number of piperidine rings is 1. The molecule has 2 saturated carbocycles. The molecule has 2 aromatic rings. The van der Waals surface area contributed by atoms with Crippen LogP contribution in [0.3, 0.4) is 0 Å². The third-order valence-corrected chi connectivity index (χ3v) is 9.59. The average Bonchev–Trinajstić information content (AvgIpc) is 3.53. The lowest BCUT2D eigenvalue weighted by molar-refractivity contribution is -0.384. The van der Waals surface area contributed by atoms with Crippen LogP contribution in [0, 0.1) is 22.0 Å². The number of nitrogens with one attached hydrogen (secondary N) is 1. The maximum atomic E-state index is 12.9. The lowest BCUT2D eigenvalue weighted by Gasteiger charge is -2.38. The molecule has 2 aromatic carbocycles. The summed E-state index contributed by atoms with van der Waals surface area (Å²) in [6, 6.07) is 17.9. The molecule has 10 heteroatoms. The second kappa shape index (κ2) is 18.4. The van der Waals surface area contributed by atoms with E-state index in [1.165, 1.54) is 18.6 Å². The van der Waals surface area contributed by atoms with Gasteiger partial charge in [-0.3, -0.25) is 14.9 Å². The Hall–Kier alpha value is -3.76. The monoisotopic (exact) mass is 634 g/mol. The van der Waals surface area contributed by atoms with Gasteiger partial charge in [0.05, 0.1) is 4.92 Å². The van der Waals surface area contributed by atoms with E-state index in [0.29, 0.717) is 18.0 Å². The van der Waals surface area contributed by atoms with Crippen LogP contribution in [0.25, 0.3) is 0 Å². The maximum absolute atomic E-state index is 12.9. The van der Waals surface area contributed by atoms with E-state index in [1.807, 2.05) is 36.4 Å². The van der Waals surface area contributed by atoms with Crippen molar-refractivity contribution in [3.8, 4) is 0 Å². The second-order valence-electron chi connectivity index (χ2n) is 12.9. The number of amides is 1. The summed E-state index contributed by atoms with van der Waals surface area (Å²) in [7, 11) is 0. The number of carbonyl (C=O) groups excluding carboxylic acids is 1. The van der Waals surface area contributed by atoms with Gasteiger partial charge in [0.15, 0.2) is 0 Å². The molecule has 0 spiro atoms. The Bertz CT molecular complexity index is 1200. The minimum Gasteiger partial charge on any atom is -0.480 e. The van der Waals surface area contributed by atoms with Crippen molar-refractivity contribution in [1.29, 1.82) is 0 Å². The van der Waals surface area contributed by atoms with Gasteiger partial charge in [-0.1, -0.05) is 61.7 Å². The number of hydrogen-bond acceptors (Lipinski definition) is 7. The van der Waals surface area contributed by atoms with Crippen LogP contribution in [-0.4, -0.2) is 76.2 Å². The Morgan fingerprint density at radius 1 is 1.00 bits per heavy atom. The Kier molecular flexibility index (Phi) is 14.0. The van der Waals surface area contributed by atoms with Gasteiger partial charge in [-0.2, -0.15) is 0 Å². The van der Waals surface area contributed by atoms with Crippen molar-refractivity contribution < 1.29 is 24.4 Å². The fourth-order valence-corrected chi connectivity index (χ4v) is 7.14. The molecule has 1 saturated heterocycles. The van der Waals surface area contributed by atoms with Gasteiger partial charge in [-0.15, -0.1) is 6.58 Å². The fourth-order valence-electron chi connectivity index (χ4n) is 7.14. The predicted molar refractivity (Wildman–Crippen MR) is 178 cm³/mol. The van der Waals surface area contributed by atoms with Gasteiger partial charge in [0, 0.05) is 50.4 Å². The third kappa shape index (κ3) is 10.9. The number of benzene rings is 2. The summed E-state index contributed by atoms with van der Waals surface area (Å²) in [6.45, 7) is 7.10. The summed E-state index contributed by atoms with van der Waals surface area (Å²) in [6.07, 6.45) is 11.7. The molecule has 3 aliphatic rings. The first-order valence-corrected chi connectivity index (χ1v) is 16.8. The molecular formula is C36H50N4O6. The normalized spacial score (nSPS) is 21.4. The summed E-state index contributed by atoms with van der Waals surface area (Å²) in [4.78, 5) is 39.5. The zero-order valence-corrected chi connectivity index (χ0v) is 26.9. The molecule has 2 N–H and O–H groups in total. The van der Waals surface area contributed by atoms with Gasteiger partial charge < -0.3 is 25.0 Å². The number of aliphatic carboxylic acids is 1. The number of nitro benzene ring substituents is 1. The molecule has 46 heavy (non-hydrogen) atoms. The van der Waals surface area contributed by atoms with Crippen LogP contribution in [-0.2, 0) is 16.1 Å². The number of ether oxygens (including phenoxy) is 1. The number of rotatable bonds is 12. The van der Waals surface area contributed by atoms with Crippen LogP contribution in [0.5, 0.6) is 0 Å². The Morgan fingerprint density at radius 2 is 1.63 bits per heavy atom. The molecule has 5 rings (SSSR count). The molecule has 1 aliphatic heterocycles. The van der Waals surface area contributed by atoms with E-state index in [0.717, 1.165) is 77.4 Å². The zero-order chi connectivity index (χ0) is 32.7. The lowest BCUT2D eigenvalue weighted by atomic mass is 9.83. The highest BCUT2D eigenvalue weighted by Gasteiger charge is 2.35. The molecular weight excluding hydrogens is 584 g/mol. The van der Waals surface area contributed by atoms with Gasteiger partial charge in [-0.25, -0.2) is 4.79 Å². The summed E-state index contributed by atoms with van der Waals surface area (Å²) >= 11 is 0. The highest BCUT2D eigenvalue weighted by molar-refractivity contribution is 5.74. The summed E-state index contributed by atoms with van der Waals surface area (Å²) in [5.41, 5.74) is 0.702. The minimum absolute atomic E-state index is 0.00316. The van der Waals surface area contributed by atoms with E-state index < -0.39 is 23.0 Å².